The van der Waals surface area contributed by atoms with E-state index < -0.39 is 0 Å². The highest BCUT2D eigenvalue weighted by molar-refractivity contribution is 5.79. The zero-order chi connectivity index (χ0) is 23.0. The van der Waals surface area contributed by atoms with E-state index >= 15 is 0 Å². The Balaban J connectivity index is 1.41. The first kappa shape index (κ1) is 22.9. The first-order valence-corrected chi connectivity index (χ1v) is 11.4. The van der Waals surface area contributed by atoms with Gasteiger partial charge in [0.05, 0.1) is 29.8 Å². The monoisotopic (exact) mass is 450 g/mol. The molecule has 0 amide bonds. The van der Waals surface area contributed by atoms with Crippen LogP contribution in [0.3, 0.4) is 0 Å². The minimum atomic E-state index is 0.204. The van der Waals surface area contributed by atoms with Crippen LogP contribution in [0.4, 0.5) is 0 Å². The second-order valence-corrected chi connectivity index (χ2v) is 8.43. The molecular formula is C25H30N4O4. The highest BCUT2D eigenvalue weighted by Gasteiger charge is 2.16. The number of hydrogen-bond acceptors (Lipinski definition) is 7. The number of pyridine rings is 2. The quantitative estimate of drug-likeness (QED) is 0.420. The van der Waals surface area contributed by atoms with Gasteiger partial charge in [-0.3, -0.25) is 14.5 Å². The summed E-state index contributed by atoms with van der Waals surface area (Å²) in [6.07, 6.45) is 8.92. The summed E-state index contributed by atoms with van der Waals surface area (Å²) in [5, 5.41) is 4.40. The molecule has 1 aliphatic heterocycles. The Labute approximate surface area is 193 Å². The van der Waals surface area contributed by atoms with Crippen LogP contribution in [0.5, 0.6) is 11.6 Å². The predicted molar refractivity (Wildman–Crippen MR) is 123 cm³/mol. The maximum absolute atomic E-state index is 11.7. The molecule has 0 unspecified atom stereocenters. The minimum Gasteiger partial charge on any atom is -0.486 e. The SMILES string of the molecule is CC(C)n1nccc1-c1ncccc1COc1cnc(OCCC2CCOCC2)cc1C=O. The van der Waals surface area contributed by atoms with E-state index in [-0.39, 0.29) is 12.6 Å². The fourth-order valence-corrected chi connectivity index (χ4v) is 3.95. The van der Waals surface area contributed by atoms with E-state index in [0.29, 0.717) is 29.7 Å². The number of carbonyl (C=O) groups excluding carboxylic acids is 1. The smallest absolute Gasteiger partial charge is 0.214 e. The third-order valence-corrected chi connectivity index (χ3v) is 5.79. The molecule has 0 atom stereocenters. The van der Waals surface area contributed by atoms with Gasteiger partial charge in [0.2, 0.25) is 5.88 Å². The van der Waals surface area contributed by atoms with Gasteiger partial charge >= 0.3 is 0 Å². The molecule has 4 rings (SSSR count). The van der Waals surface area contributed by atoms with Crippen molar-refractivity contribution in [1.29, 1.82) is 0 Å². The van der Waals surface area contributed by atoms with Gasteiger partial charge in [0, 0.05) is 43.3 Å². The second-order valence-electron chi connectivity index (χ2n) is 8.43. The van der Waals surface area contributed by atoms with Gasteiger partial charge in [-0.2, -0.15) is 5.10 Å². The van der Waals surface area contributed by atoms with Crippen LogP contribution in [0.15, 0.2) is 42.9 Å². The number of hydrogen-bond donors (Lipinski definition) is 0. The normalized spacial score (nSPS) is 14.4. The van der Waals surface area contributed by atoms with E-state index in [4.69, 9.17) is 14.2 Å². The van der Waals surface area contributed by atoms with Crippen LogP contribution in [-0.2, 0) is 11.3 Å². The highest BCUT2D eigenvalue weighted by atomic mass is 16.5. The van der Waals surface area contributed by atoms with Gasteiger partial charge < -0.3 is 14.2 Å². The molecule has 4 heterocycles. The lowest BCUT2D eigenvalue weighted by Crippen LogP contribution is -2.18. The Morgan fingerprint density at radius 3 is 2.82 bits per heavy atom. The van der Waals surface area contributed by atoms with Crippen LogP contribution in [-0.4, -0.2) is 45.9 Å². The van der Waals surface area contributed by atoms with Crippen molar-refractivity contribution in [3.63, 3.8) is 0 Å². The molecule has 0 N–H and O–H groups in total. The van der Waals surface area contributed by atoms with E-state index in [1.807, 2.05) is 22.9 Å². The molecule has 0 bridgehead atoms. The van der Waals surface area contributed by atoms with E-state index in [2.05, 4.69) is 28.9 Å². The molecule has 3 aromatic heterocycles. The van der Waals surface area contributed by atoms with Crippen LogP contribution in [0, 0.1) is 5.92 Å². The zero-order valence-electron chi connectivity index (χ0n) is 19.1. The van der Waals surface area contributed by atoms with E-state index in [0.717, 1.165) is 55.7 Å². The van der Waals surface area contributed by atoms with E-state index in [9.17, 15) is 4.79 Å². The third kappa shape index (κ3) is 5.76. The average molecular weight is 451 g/mol. The zero-order valence-corrected chi connectivity index (χ0v) is 19.1. The molecule has 0 spiro atoms. The number of aromatic nitrogens is 4. The summed E-state index contributed by atoms with van der Waals surface area (Å²) in [5.74, 6) is 1.46. The van der Waals surface area contributed by atoms with Crippen LogP contribution < -0.4 is 9.47 Å². The maximum atomic E-state index is 11.7. The van der Waals surface area contributed by atoms with Gasteiger partial charge in [-0.1, -0.05) is 6.07 Å². The Bertz CT molecular complexity index is 1060. The summed E-state index contributed by atoms with van der Waals surface area (Å²) in [5.41, 5.74) is 3.03. The number of rotatable bonds is 10. The Morgan fingerprint density at radius 1 is 1.18 bits per heavy atom. The average Bonchev–Trinajstić information content (AvgIpc) is 3.34. The van der Waals surface area contributed by atoms with Crippen molar-refractivity contribution in [2.45, 2.75) is 45.8 Å². The molecule has 0 radical (unpaired) electrons. The molecule has 174 valence electrons. The van der Waals surface area contributed by atoms with E-state index in [1.165, 1.54) is 0 Å². The van der Waals surface area contributed by atoms with Gasteiger partial charge in [-0.15, -0.1) is 0 Å². The lowest BCUT2D eigenvalue weighted by molar-refractivity contribution is 0.0591. The van der Waals surface area contributed by atoms with Crippen molar-refractivity contribution in [3.05, 3.63) is 54.0 Å². The first-order valence-electron chi connectivity index (χ1n) is 11.4. The van der Waals surface area contributed by atoms with Crippen molar-refractivity contribution in [3.8, 4) is 23.0 Å². The largest absolute Gasteiger partial charge is 0.486 e. The number of aldehydes is 1. The van der Waals surface area contributed by atoms with Crippen molar-refractivity contribution in [1.82, 2.24) is 19.7 Å². The van der Waals surface area contributed by atoms with Crippen LogP contribution in [0.25, 0.3) is 11.4 Å². The Kier molecular flexibility index (Phi) is 7.67. The van der Waals surface area contributed by atoms with Crippen LogP contribution in [0.2, 0.25) is 0 Å². The summed E-state index contributed by atoms with van der Waals surface area (Å²) in [6, 6.07) is 7.60. The molecule has 1 saturated heterocycles. The molecule has 1 aliphatic rings. The van der Waals surface area contributed by atoms with Crippen molar-refractivity contribution >= 4 is 6.29 Å². The van der Waals surface area contributed by atoms with Crippen LogP contribution in [0.1, 0.15) is 55.1 Å². The highest BCUT2D eigenvalue weighted by Crippen LogP contribution is 2.27. The van der Waals surface area contributed by atoms with Crippen molar-refractivity contribution in [2.24, 2.45) is 5.92 Å². The van der Waals surface area contributed by atoms with Gasteiger partial charge in [-0.05, 0) is 51.2 Å². The Hall–Kier alpha value is -3.26. The maximum Gasteiger partial charge on any atom is 0.214 e. The van der Waals surface area contributed by atoms with Gasteiger partial charge in [0.15, 0.2) is 6.29 Å². The lowest BCUT2D eigenvalue weighted by atomic mass is 9.97. The number of nitrogens with zero attached hydrogens (tertiary/aromatic N) is 4. The Morgan fingerprint density at radius 2 is 2.03 bits per heavy atom. The predicted octanol–water partition coefficient (Wildman–Crippen LogP) is 4.51. The molecule has 33 heavy (non-hydrogen) atoms. The minimum absolute atomic E-state index is 0.204. The van der Waals surface area contributed by atoms with Gasteiger partial charge in [0.1, 0.15) is 12.4 Å². The molecular weight excluding hydrogens is 420 g/mol. The van der Waals surface area contributed by atoms with Crippen LogP contribution >= 0.6 is 0 Å². The fourth-order valence-electron chi connectivity index (χ4n) is 3.95. The van der Waals surface area contributed by atoms with Gasteiger partial charge in [0.25, 0.3) is 0 Å². The fraction of sp³-hybridized carbons (Fsp3) is 0.440. The molecule has 0 aliphatic carbocycles. The molecule has 0 saturated carbocycles. The van der Waals surface area contributed by atoms with E-state index in [1.54, 1.807) is 24.7 Å². The molecule has 8 heteroatoms. The second kappa shape index (κ2) is 11.0. The molecule has 0 aromatic carbocycles. The lowest BCUT2D eigenvalue weighted by Gasteiger charge is -2.21. The topological polar surface area (TPSA) is 88.4 Å². The summed E-state index contributed by atoms with van der Waals surface area (Å²) in [6.45, 7) is 6.61. The van der Waals surface area contributed by atoms with Crippen molar-refractivity contribution < 1.29 is 19.0 Å². The summed E-state index contributed by atoms with van der Waals surface area (Å²) in [4.78, 5) is 20.6. The number of carbonyl (C=O) groups is 1. The standard InChI is InChI=1S/C25H30N4O4/c1-18(2)29-22(5-10-28-29)25-20(4-3-9-26-25)17-33-23-15-27-24(14-21(23)16-30)32-13-8-19-6-11-31-12-7-19/h3-5,9-10,14-16,18-19H,6-8,11-13,17H2,1-2H3. The number of ether oxygens (including phenoxy) is 3. The molecule has 3 aromatic rings. The summed E-state index contributed by atoms with van der Waals surface area (Å²) < 4.78 is 19.1. The summed E-state index contributed by atoms with van der Waals surface area (Å²) >= 11 is 0. The van der Waals surface area contributed by atoms with Crippen molar-refractivity contribution in [2.75, 3.05) is 19.8 Å². The van der Waals surface area contributed by atoms with Gasteiger partial charge in [-0.25, -0.2) is 4.98 Å². The molecule has 8 nitrogen and oxygen atoms in total. The third-order valence-electron chi connectivity index (χ3n) is 5.79. The first-order chi connectivity index (χ1) is 16.2. The summed E-state index contributed by atoms with van der Waals surface area (Å²) in [7, 11) is 0. The molecule has 1 fully saturated rings.